The molecular weight excluding hydrogens is 240 g/mol. The highest BCUT2D eigenvalue weighted by Gasteiger charge is 2.29. The Bertz CT molecular complexity index is 602. The van der Waals surface area contributed by atoms with Crippen LogP contribution in [0.1, 0.15) is 21.8 Å². The van der Waals surface area contributed by atoms with Gasteiger partial charge in [0.2, 0.25) is 0 Å². The van der Waals surface area contributed by atoms with Gasteiger partial charge in [0.25, 0.3) is 0 Å². The highest BCUT2D eigenvalue weighted by atomic mass is 16.5. The molecule has 1 aliphatic heterocycles. The summed E-state index contributed by atoms with van der Waals surface area (Å²) in [5, 5.41) is 0. The third-order valence-corrected chi connectivity index (χ3v) is 3.39. The summed E-state index contributed by atoms with van der Waals surface area (Å²) in [6.45, 7) is 0.391. The molecule has 0 radical (unpaired) electrons. The molecule has 0 spiro atoms. The monoisotopic (exact) mass is 254 g/mol. The van der Waals surface area contributed by atoms with Gasteiger partial charge in [-0.2, -0.15) is 0 Å². The van der Waals surface area contributed by atoms with Crippen molar-refractivity contribution in [3.63, 3.8) is 0 Å². The van der Waals surface area contributed by atoms with E-state index >= 15 is 0 Å². The van der Waals surface area contributed by atoms with Gasteiger partial charge in [-0.3, -0.25) is 4.79 Å². The van der Waals surface area contributed by atoms with Crippen LogP contribution < -0.4 is 9.47 Å². The second-order valence-corrected chi connectivity index (χ2v) is 4.50. The van der Waals surface area contributed by atoms with Crippen molar-refractivity contribution in [3.8, 4) is 11.5 Å². The van der Waals surface area contributed by atoms with Gasteiger partial charge < -0.3 is 9.47 Å². The summed E-state index contributed by atoms with van der Waals surface area (Å²) in [4.78, 5) is 12.5. The predicted octanol–water partition coefficient (Wildman–Crippen LogP) is 3.05. The molecular formula is C16H14O3. The fourth-order valence-corrected chi connectivity index (χ4v) is 2.32. The molecule has 0 aromatic heterocycles. The van der Waals surface area contributed by atoms with Crippen LogP contribution >= 0.6 is 0 Å². The minimum atomic E-state index is -0.235. The summed E-state index contributed by atoms with van der Waals surface area (Å²) >= 11 is 0. The topological polar surface area (TPSA) is 35.5 Å². The van der Waals surface area contributed by atoms with Crippen molar-refractivity contribution in [2.75, 3.05) is 13.7 Å². The summed E-state index contributed by atoms with van der Waals surface area (Å²) in [7, 11) is 1.63. The van der Waals surface area contributed by atoms with E-state index in [4.69, 9.17) is 9.47 Å². The number of benzene rings is 2. The summed E-state index contributed by atoms with van der Waals surface area (Å²) in [6.07, 6.45) is 0. The smallest absolute Gasteiger partial charge is 0.177 e. The summed E-state index contributed by atoms with van der Waals surface area (Å²) in [6, 6.07) is 14.9. The Hall–Kier alpha value is -2.29. The van der Waals surface area contributed by atoms with Crippen LogP contribution in [0.15, 0.2) is 48.5 Å². The average molecular weight is 254 g/mol. The molecule has 0 fully saturated rings. The first kappa shape index (κ1) is 11.8. The van der Waals surface area contributed by atoms with Crippen molar-refractivity contribution in [2.45, 2.75) is 5.92 Å². The molecule has 3 nitrogen and oxygen atoms in total. The normalized spacial score (nSPS) is 17.5. The Morgan fingerprint density at radius 3 is 2.58 bits per heavy atom. The van der Waals surface area contributed by atoms with Crippen molar-refractivity contribution in [3.05, 3.63) is 59.7 Å². The Labute approximate surface area is 111 Å². The van der Waals surface area contributed by atoms with Gasteiger partial charge >= 0.3 is 0 Å². The van der Waals surface area contributed by atoms with Crippen molar-refractivity contribution in [1.29, 1.82) is 0 Å². The van der Waals surface area contributed by atoms with Gasteiger partial charge in [0.15, 0.2) is 5.78 Å². The van der Waals surface area contributed by atoms with E-state index in [1.54, 1.807) is 7.11 Å². The van der Waals surface area contributed by atoms with Crippen molar-refractivity contribution in [2.24, 2.45) is 0 Å². The number of hydrogen-bond donors (Lipinski definition) is 0. The highest BCUT2D eigenvalue weighted by molar-refractivity contribution is 6.04. The molecule has 0 amide bonds. The first-order valence-corrected chi connectivity index (χ1v) is 6.19. The predicted molar refractivity (Wildman–Crippen MR) is 72.0 cm³/mol. The standard InChI is InChI=1S/C16H14O3/c1-18-12-8-6-11(7-9-12)14-10-19-15-5-3-2-4-13(15)16(14)17/h2-9,14H,10H2,1H3. The van der Waals surface area contributed by atoms with Crippen LogP contribution in [0.5, 0.6) is 11.5 Å². The van der Waals surface area contributed by atoms with E-state index in [2.05, 4.69) is 0 Å². The second kappa shape index (κ2) is 4.76. The molecule has 1 heterocycles. The van der Waals surface area contributed by atoms with Crippen LogP contribution in [-0.4, -0.2) is 19.5 Å². The molecule has 3 heteroatoms. The van der Waals surface area contributed by atoms with Crippen molar-refractivity contribution >= 4 is 5.78 Å². The van der Waals surface area contributed by atoms with Gasteiger partial charge in [-0.1, -0.05) is 24.3 Å². The number of carbonyl (C=O) groups excluding carboxylic acids is 1. The molecule has 0 saturated heterocycles. The average Bonchev–Trinajstić information content (AvgIpc) is 2.48. The highest BCUT2D eigenvalue weighted by Crippen LogP contribution is 2.32. The number of ether oxygens (including phenoxy) is 2. The minimum Gasteiger partial charge on any atom is -0.497 e. The number of ketones is 1. The van der Waals surface area contributed by atoms with Gasteiger partial charge in [-0.15, -0.1) is 0 Å². The molecule has 1 atom stereocenters. The van der Waals surface area contributed by atoms with Gasteiger partial charge in [0.1, 0.15) is 18.1 Å². The largest absolute Gasteiger partial charge is 0.497 e. The van der Waals surface area contributed by atoms with Crippen LogP contribution in [-0.2, 0) is 0 Å². The number of fused-ring (bicyclic) bond motifs is 1. The zero-order valence-electron chi connectivity index (χ0n) is 10.6. The Balaban J connectivity index is 1.93. The zero-order chi connectivity index (χ0) is 13.2. The maximum absolute atomic E-state index is 12.5. The number of carbonyl (C=O) groups is 1. The fraction of sp³-hybridized carbons (Fsp3) is 0.188. The molecule has 3 rings (SSSR count). The van der Waals surface area contributed by atoms with E-state index < -0.39 is 0 Å². The first-order valence-electron chi connectivity index (χ1n) is 6.19. The molecule has 96 valence electrons. The van der Waals surface area contributed by atoms with Gasteiger partial charge in [-0.25, -0.2) is 0 Å². The lowest BCUT2D eigenvalue weighted by Crippen LogP contribution is -2.25. The lowest BCUT2D eigenvalue weighted by molar-refractivity contribution is 0.0896. The fourth-order valence-electron chi connectivity index (χ4n) is 2.32. The van der Waals surface area contributed by atoms with E-state index in [9.17, 15) is 4.79 Å². The summed E-state index contributed by atoms with van der Waals surface area (Å²) < 4.78 is 10.8. The molecule has 0 saturated carbocycles. The summed E-state index contributed by atoms with van der Waals surface area (Å²) in [5.41, 5.74) is 1.62. The van der Waals surface area contributed by atoms with E-state index in [-0.39, 0.29) is 11.7 Å². The van der Waals surface area contributed by atoms with Gasteiger partial charge in [-0.05, 0) is 29.8 Å². The number of hydrogen-bond acceptors (Lipinski definition) is 3. The third-order valence-electron chi connectivity index (χ3n) is 3.39. The molecule has 1 unspecified atom stereocenters. The lowest BCUT2D eigenvalue weighted by Gasteiger charge is -2.24. The minimum absolute atomic E-state index is 0.118. The Morgan fingerprint density at radius 2 is 1.84 bits per heavy atom. The van der Waals surface area contributed by atoms with Crippen LogP contribution in [0.4, 0.5) is 0 Å². The number of Topliss-reactive ketones (excluding diaryl/α,β-unsaturated/α-hetero) is 1. The van der Waals surface area contributed by atoms with Crippen LogP contribution in [0, 0.1) is 0 Å². The van der Waals surface area contributed by atoms with Crippen LogP contribution in [0.3, 0.4) is 0 Å². The Kier molecular flexibility index (Phi) is 2.95. The van der Waals surface area contributed by atoms with Crippen LogP contribution in [0.25, 0.3) is 0 Å². The zero-order valence-corrected chi connectivity index (χ0v) is 10.6. The molecule has 0 aliphatic carbocycles. The molecule has 0 N–H and O–H groups in total. The SMILES string of the molecule is COc1ccc(C2COc3ccccc3C2=O)cc1. The number of methoxy groups -OCH3 is 1. The van der Waals surface area contributed by atoms with Crippen LogP contribution in [0.2, 0.25) is 0 Å². The van der Waals surface area contributed by atoms with Gasteiger partial charge in [0, 0.05) is 0 Å². The number of rotatable bonds is 2. The molecule has 0 bridgehead atoms. The third kappa shape index (κ3) is 2.08. The van der Waals surface area contributed by atoms with E-state index in [1.807, 2.05) is 48.5 Å². The Morgan fingerprint density at radius 1 is 1.11 bits per heavy atom. The summed E-state index contributed by atoms with van der Waals surface area (Å²) in [5.74, 6) is 1.35. The molecule has 19 heavy (non-hydrogen) atoms. The van der Waals surface area contributed by atoms with Gasteiger partial charge in [0.05, 0.1) is 18.6 Å². The number of para-hydroxylation sites is 1. The van der Waals surface area contributed by atoms with Crippen molar-refractivity contribution < 1.29 is 14.3 Å². The first-order chi connectivity index (χ1) is 9.29. The molecule has 2 aromatic carbocycles. The maximum atomic E-state index is 12.5. The second-order valence-electron chi connectivity index (χ2n) is 4.50. The lowest BCUT2D eigenvalue weighted by atomic mass is 9.89. The maximum Gasteiger partial charge on any atom is 0.177 e. The van der Waals surface area contributed by atoms with E-state index in [0.29, 0.717) is 17.9 Å². The van der Waals surface area contributed by atoms with Crippen molar-refractivity contribution in [1.82, 2.24) is 0 Å². The molecule has 1 aliphatic rings. The molecule has 2 aromatic rings. The van der Waals surface area contributed by atoms with E-state index in [1.165, 1.54) is 0 Å². The van der Waals surface area contributed by atoms with E-state index in [0.717, 1.165) is 11.3 Å². The quantitative estimate of drug-likeness (QED) is 0.826.